The highest BCUT2D eigenvalue weighted by molar-refractivity contribution is 5.48. The van der Waals surface area contributed by atoms with Crippen molar-refractivity contribution in [1.82, 2.24) is 9.97 Å². The van der Waals surface area contributed by atoms with Crippen molar-refractivity contribution in [2.24, 2.45) is 0 Å². The van der Waals surface area contributed by atoms with Gasteiger partial charge in [-0.05, 0) is 39.0 Å². The molecule has 1 N–H and O–H groups in total. The summed E-state index contributed by atoms with van der Waals surface area (Å²) < 4.78 is 6.24. The van der Waals surface area contributed by atoms with Crippen LogP contribution in [0.25, 0.3) is 0 Å². The molecule has 1 aromatic rings. The van der Waals surface area contributed by atoms with E-state index in [0.717, 1.165) is 43.9 Å². The first-order valence-corrected chi connectivity index (χ1v) is 8.51. The summed E-state index contributed by atoms with van der Waals surface area (Å²) in [5.41, 5.74) is 2.31. The molecule has 21 heavy (non-hydrogen) atoms. The molecule has 0 bridgehead atoms. The van der Waals surface area contributed by atoms with Gasteiger partial charge in [-0.1, -0.05) is 25.7 Å². The Bertz CT molecular complexity index is 493. The maximum atomic E-state index is 6.24. The van der Waals surface area contributed by atoms with E-state index in [1.807, 2.05) is 7.05 Å². The lowest BCUT2D eigenvalue weighted by Crippen LogP contribution is -2.32. The molecule has 2 aliphatic rings. The first-order chi connectivity index (χ1) is 10.3. The van der Waals surface area contributed by atoms with Gasteiger partial charge in [-0.25, -0.2) is 9.97 Å². The van der Waals surface area contributed by atoms with E-state index in [4.69, 9.17) is 14.7 Å². The third kappa shape index (κ3) is 2.78. The third-order valence-corrected chi connectivity index (χ3v) is 4.91. The van der Waals surface area contributed by atoms with Crippen molar-refractivity contribution >= 4 is 5.82 Å². The van der Waals surface area contributed by atoms with E-state index in [0.29, 0.717) is 0 Å². The average molecular weight is 289 g/mol. The van der Waals surface area contributed by atoms with Crippen molar-refractivity contribution in [1.29, 1.82) is 0 Å². The Balaban J connectivity index is 2.02. The van der Waals surface area contributed by atoms with E-state index in [2.05, 4.69) is 12.2 Å². The first kappa shape index (κ1) is 14.8. The number of anilines is 1. The molecule has 0 saturated heterocycles. The van der Waals surface area contributed by atoms with Crippen molar-refractivity contribution in [3.63, 3.8) is 0 Å². The number of nitrogens with one attached hydrogen (secondary N) is 1. The Labute approximate surface area is 127 Å². The van der Waals surface area contributed by atoms with E-state index >= 15 is 0 Å². The molecule has 3 rings (SSSR count). The van der Waals surface area contributed by atoms with Crippen LogP contribution in [0.1, 0.15) is 69.0 Å². The molecule has 1 heterocycles. The van der Waals surface area contributed by atoms with Crippen LogP contribution in [0.2, 0.25) is 0 Å². The lowest BCUT2D eigenvalue weighted by molar-refractivity contribution is -0.0624. The van der Waals surface area contributed by atoms with Crippen molar-refractivity contribution in [2.45, 2.75) is 70.3 Å². The fraction of sp³-hybridized carbons (Fsp3) is 0.765. The summed E-state index contributed by atoms with van der Waals surface area (Å²) in [6.45, 7) is 2.81. The molecule has 0 aromatic carbocycles. The van der Waals surface area contributed by atoms with E-state index in [1.54, 1.807) is 0 Å². The van der Waals surface area contributed by atoms with E-state index in [1.165, 1.54) is 43.4 Å². The Morgan fingerprint density at radius 3 is 2.48 bits per heavy atom. The second kappa shape index (κ2) is 6.30. The highest BCUT2D eigenvalue weighted by Gasteiger charge is 2.37. The van der Waals surface area contributed by atoms with Crippen LogP contribution in [0.15, 0.2) is 0 Å². The van der Waals surface area contributed by atoms with Gasteiger partial charge in [-0.2, -0.15) is 0 Å². The highest BCUT2D eigenvalue weighted by atomic mass is 16.5. The van der Waals surface area contributed by atoms with E-state index in [9.17, 15) is 0 Å². The summed E-state index contributed by atoms with van der Waals surface area (Å²) in [5, 5.41) is 3.28. The van der Waals surface area contributed by atoms with Gasteiger partial charge in [0.2, 0.25) is 0 Å². The fourth-order valence-electron chi connectivity index (χ4n) is 3.85. The van der Waals surface area contributed by atoms with Crippen LogP contribution >= 0.6 is 0 Å². The minimum atomic E-state index is -0.255. The van der Waals surface area contributed by atoms with Crippen LogP contribution in [0, 0.1) is 0 Å². The summed E-state index contributed by atoms with van der Waals surface area (Å²) >= 11 is 0. The topological polar surface area (TPSA) is 47.0 Å². The molecule has 0 amide bonds. The second-order valence-corrected chi connectivity index (χ2v) is 6.27. The SMILES string of the molecule is CCOC1(c2nc3c(c(NC)n2)CCC3)CCCCCC1. The number of hydrogen-bond donors (Lipinski definition) is 1. The third-order valence-electron chi connectivity index (χ3n) is 4.91. The summed E-state index contributed by atoms with van der Waals surface area (Å²) in [6.07, 6.45) is 10.5. The zero-order valence-electron chi connectivity index (χ0n) is 13.4. The smallest absolute Gasteiger partial charge is 0.162 e. The van der Waals surface area contributed by atoms with Crippen LogP contribution in [0.4, 0.5) is 5.82 Å². The van der Waals surface area contributed by atoms with Gasteiger partial charge < -0.3 is 10.1 Å². The Kier molecular flexibility index (Phi) is 4.43. The normalized spacial score (nSPS) is 20.9. The van der Waals surface area contributed by atoms with Crippen LogP contribution in [-0.4, -0.2) is 23.6 Å². The van der Waals surface area contributed by atoms with Crippen LogP contribution in [0.5, 0.6) is 0 Å². The minimum Gasteiger partial charge on any atom is -0.373 e. The molecule has 1 fully saturated rings. The fourth-order valence-corrected chi connectivity index (χ4v) is 3.85. The summed E-state index contributed by atoms with van der Waals surface area (Å²) in [7, 11) is 1.96. The Morgan fingerprint density at radius 2 is 1.81 bits per heavy atom. The van der Waals surface area contributed by atoms with E-state index in [-0.39, 0.29) is 5.60 Å². The zero-order chi connectivity index (χ0) is 14.7. The molecular weight excluding hydrogens is 262 g/mol. The predicted octanol–water partition coefficient (Wildman–Crippen LogP) is 3.59. The van der Waals surface area contributed by atoms with Crippen molar-refractivity contribution in [3.8, 4) is 0 Å². The molecule has 4 heteroatoms. The molecule has 0 aliphatic heterocycles. The van der Waals surface area contributed by atoms with Crippen molar-refractivity contribution < 1.29 is 4.74 Å². The monoisotopic (exact) mass is 289 g/mol. The number of fused-ring (bicyclic) bond motifs is 1. The standard InChI is InChI=1S/C17H27N3O/c1-3-21-17(11-6-4-5-7-12-17)16-19-14-10-8-9-13(14)15(18-2)20-16/h3-12H2,1-2H3,(H,18,19,20). The second-order valence-electron chi connectivity index (χ2n) is 6.27. The Hall–Kier alpha value is -1.16. The van der Waals surface area contributed by atoms with Gasteiger partial charge in [-0.15, -0.1) is 0 Å². The molecule has 1 saturated carbocycles. The Morgan fingerprint density at radius 1 is 1.05 bits per heavy atom. The number of aryl methyl sites for hydroxylation is 1. The number of rotatable bonds is 4. The number of ether oxygens (including phenoxy) is 1. The summed E-state index contributed by atoms with van der Waals surface area (Å²) in [5.74, 6) is 1.95. The zero-order valence-corrected chi connectivity index (χ0v) is 13.4. The molecule has 0 unspecified atom stereocenters. The molecule has 0 spiro atoms. The molecule has 1 aromatic heterocycles. The molecule has 2 aliphatic carbocycles. The average Bonchev–Trinajstić information content (AvgIpc) is 2.85. The first-order valence-electron chi connectivity index (χ1n) is 8.51. The van der Waals surface area contributed by atoms with Crippen molar-refractivity contribution in [2.75, 3.05) is 19.0 Å². The maximum absolute atomic E-state index is 6.24. The van der Waals surface area contributed by atoms with Crippen LogP contribution in [0.3, 0.4) is 0 Å². The van der Waals surface area contributed by atoms with Gasteiger partial charge in [0, 0.05) is 24.9 Å². The summed E-state index contributed by atoms with van der Waals surface area (Å²) in [6, 6.07) is 0. The molecule has 4 nitrogen and oxygen atoms in total. The number of aromatic nitrogens is 2. The molecule has 116 valence electrons. The molecule has 0 atom stereocenters. The van der Waals surface area contributed by atoms with Gasteiger partial charge in [0.1, 0.15) is 11.4 Å². The molecular formula is C17H27N3O. The van der Waals surface area contributed by atoms with Gasteiger partial charge in [0.15, 0.2) is 5.82 Å². The van der Waals surface area contributed by atoms with Gasteiger partial charge in [0.05, 0.1) is 0 Å². The quantitative estimate of drug-likeness (QED) is 0.860. The summed E-state index contributed by atoms with van der Waals surface area (Å²) in [4.78, 5) is 9.81. The predicted molar refractivity (Wildman–Crippen MR) is 84.6 cm³/mol. The van der Waals surface area contributed by atoms with Crippen LogP contribution < -0.4 is 5.32 Å². The largest absolute Gasteiger partial charge is 0.373 e. The van der Waals surface area contributed by atoms with Crippen molar-refractivity contribution in [3.05, 3.63) is 17.1 Å². The van der Waals surface area contributed by atoms with Gasteiger partial charge in [0.25, 0.3) is 0 Å². The maximum Gasteiger partial charge on any atom is 0.162 e. The highest BCUT2D eigenvalue weighted by Crippen LogP contribution is 2.39. The lowest BCUT2D eigenvalue weighted by Gasteiger charge is -2.31. The number of hydrogen-bond acceptors (Lipinski definition) is 4. The van der Waals surface area contributed by atoms with Crippen LogP contribution in [-0.2, 0) is 23.2 Å². The number of nitrogens with zero attached hydrogens (tertiary/aromatic N) is 2. The molecule has 0 radical (unpaired) electrons. The van der Waals surface area contributed by atoms with Gasteiger partial charge in [-0.3, -0.25) is 0 Å². The lowest BCUT2D eigenvalue weighted by atomic mass is 9.92. The minimum absolute atomic E-state index is 0.255. The van der Waals surface area contributed by atoms with E-state index < -0.39 is 0 Å². The van der Waals surface area contributed by atoms with Gasteiger partial charge >= 0.3 is 0 Å².